The molecule has 1 N–H and O–H groups in total. The van der Waals surface area contributed by atoms with E-state index in [1.807, 2.05) is 19.2 Å². The van der Waals surface area contributed by atoms with Crippen molar-refractivity contribution in [1.82, 2.24) is 14.5 Å². The minimum Gasteiger partial charge on any atom is -0.479 e. The summed E-state index contributed by atoms with van der Waals surface area (Å²) in [5, 5.41) is 8.87. The molecule has 0 aliphatic carbocycles. The van der Waals surface area contributed by atoms with E-state index in [1.165, 1.54) is 20.1 Å². The second kappa shape index (κ2) is 5.56. The number of aliphatic carboxylic acids is 1. The van der Waals surface area contributed by atoms with Crippen molar-refractivity contribution in [3.8, 4) is 11.6 Å². The maximum atomic E-state index is 10.8. The number of aromatic nitrogens is 3. The monoisotopic (exact) mass is 273 g/mol. The van der Waals surface area contributed by atoms with Gasteiger partial charge in [0.1, 0.15) is 5.69 Å². The number of pyridine rings is 1. The van der Waals surface area contributed by atoms with Crippen molar-refractivity contribution in [2.24, 2.45) is 0 Å². The first-order valence-corrected chi connectivity index (χ1v) is 5.99. The van der Waals surface area contributed by atoms with Crippen LogP contribution in [0.2, 0.25) is 0 Å². The fraction of sp³-hybridized carbons (Fsp3) is 0.214. The van der Waals surface area contributed by atoms with Gasteiger partial charge in [-0.25, -0.2) is 14.8 Å². The second-order valence-electron chi connectivity index (χ2n) is 4.32. The molecule has 0 bridgehead atoms. The van der Waals surface area contributed by atoms with E-state index < -0.39 is 5.97 Å². The minimum atomic E-state index is -0.972. The molecule has 0 fully saturated rings. The van der Waals surface area contributed by atoms with Gasteiger partial charge in [0.2, 0.25) is 5.88 Å². The number of aryl methyl sites for hydroxylation is 1. The Kier molecular flexibility index (Phi) is 3.84. The molecule has 0 radical (unpaired) electrons. The van der Waals surface area contributed by atoms with E-state index in [4.69, 9.17) is 9.84 Å². The van der Waals surface area contributed by atoms with Crippen LogP contribution < -0.4 is 4.74 Å². The number of ether oxygens (including phenoxy) is 1. The van der Waals surface area contributed by atoms with Crippen LogP contribution in [0.25, 0.3) is 11.8 Å². The smallest absolute Gasteiger partial charge is 0.331 e. The van der Waals surface area contributed by atoms with Crippen LogP contribution in [-0.2, 0) is 4.79 Å². The maximum Gasteiger partial charge on any atom is 0.331 e. The molecule has 0 saturated carbocycles. The highest BCUT2D eigenvalue weighted by atomic mass is 16.5. The molecule has 0 spiro atoms. The number of nitrogens with zero attached hydrogens (tertiary/aromatic N) is 3. The standard InChI is InChI=1S/C14H15N3O3/c1-9(14(18)19)6-11-4-5-12(13(16-11)20-3)17-7-10(2)15-8-17/h4-8H,1-3H3,(H,18,19). The van der Waals surface area contributed by atoms with Crippen molar-refractivity contribution < 1.29 is 14.6 Å². The zero-order valence-electron chi connectivity index (χ0n) is 11.5. The van der Waals surface area contributed by atoms with Crippen molar-refractivity contribution >= 4 is 12.0 Å². The summed E-state index contributed by atoms with van der Waals surface area (Å²) < 4.78 is 7.06. The average molecular weight is 273 g/mol. The third-order valence-electron chi connectivity index (χ3n) is 2.75. The third-order valence-corrected chi connectivity index (χ3v) is 2.75. The summed E-state index contributed by atoms with van der Waals surface area (Å²) in [7, 11) is 1.52. The molecular formula is C14H15N3O3. The molecule has 0 aromatic carbocycles. The SMILES string of the molecule is COc1nc(C=C(C)C(=O)O)ccc1-n1cnc(C)c1. The molecule has 0 unspecified atom stereocenters. The largest absolute Gasteiger partial charge is 0.479 e. The van der Waals surface area contributed by atoms with Gasteiger partial charge in [-0.3, -0.25) is 0 Å². The van der Waals surface area contributed by atoms with E-state index in [0.29, 0.717) is 11.6 Å². The Hall–Kier alpha value is -2.63. The van der Waals surface area contributed by atoms with Crippen LogP contribution in [-0.4, -0.2) is 32.7 Å². The molecule has 6 nitrogen and oxygen atoms in total. The number of carbonyl (C=O) groups is 1. The lowest BCUT2D eigenvalue weighted by molar-refractivity contribution is -0.132. The average Bonchev–Trinajstić information content (AvgIpc) is 2.84. The topological polar surface area (TPSA) is 77.2 Å². The minimum absolute atomic E-state index is 0.214. The molecule has 2 aromatic rings. The molecule has 20 heavy (non-hydrogen) atoms. The number of carboxylic acids is 1. The Morgan fingerprint density at radius 2 is 2.20 bits per heavy atom. The van der Waals surface area contributed by atoms with Gasteiger partial charge < -0.3 is 14.4 Å². The summed E-state index contributed by atoms with van der Waals surface area (Å²) in [6.45, 7) is 3.41. The zero-order valence-corrected chi connectivity index (χ0v) is 11.5. The molecule has 0 amide bonds. The van der Waals surface area contributed by atoms with Crippen molar-refractivity contribution in [2.75, 3.05) is 7.11 Å². The molecule has 2 rings (SSSR count). The molecular weight excluding hydrogens is 258 g/mol. The fourth-order valence-electron chi connectivity index (χ4n) is 1.71. The van der Waals surface area contributed by atoms with Crippen LogP contribution in [0.5, 0.6) is 5.88 Å². The van der Waals surface area contributed by atoms with E-state index in [0.717, 1.165) is 11.4 Å². The van der Waals surface area contributed by atoms with Gasteiger partial charge in [-0.15, -0.1) is 0 Å². The summed E-state index contributed by atoms with van der Waals surface area (Å²) in [4.78, 5) is 19.3. The third kappa shape index (κ3) is 2.85. The zero-order chi connectivity index (χ0) is 14.7. The van der Waals surface area contributed by atoms with Gasteiger partial charge in [0, 0.05) is 11.8 Å². The first kappa shape index (κ1) is 13.8. The Morgan fingerprint density at radius 3 is 2.75 bits per heavy atom. The normalized spacial score (nSPS) is 11.4. The van der Waals surface area contributed by atoms with E-state index in [-0.39, 0.29) is 5.57 Å². The summed E-state index contributed by atoms with van der Waals surface area (Å²) >= 11 is 0. The molecule has 2 heterocycles. The van der Waals surface area contributed by atoms with Gasteiger partial charge in [0.05, 0.1) is 24.8 Å². The van der Waals surface area contributed by atoms with Gasteiger partial charge in [-0.05, 0) is 32.1 Å². The van der Waals surface area contributed by atoms with E-state index in [9.17, 15) is 4.79 Å². The molecule has 0 saturated heterocycles. The quantitative estimate of drug-likeness (QED) is 0.863. The lowest BCUT2D eigenvalue weighted by Gasteiger charge is -2.08. The van der Waals surface area contributed by atoms with Gasteiger partial charge in [0.25, 0.3) is 0 Å². The van der Waals surface area contributed by atoms with E-state index >= 15 is 0 Å². The Bertz CT molecular complexity index is 674. The van der Waals surface area contributed by atoms with Gasteiger partial charge in [-0.1, -0.05) is 0 Å². The molecule has 0 aliphatic heterocycles. The van der Waals surface area contributed by atoms with Crippen molar-refractivity contribution in [3.63, 3.8) is 0 Å². The van der Waals surface area contributed by atoms with Gasteiger partial charge in [-0.2, -0.15) is 0 Å². The lowest BCUT2D eigenvalue weighted by Crippen LogP contribution is -2.00. The summed E-state index contributed by atoms with van der Waals surface area (Å²) in [6.07, 6.45) is 5.03. The Balaban J connectivity index is 2.43. The van der Waals surface area contributed by atoms with Crippen molar-refractivity contribution in [3.05, 3.63) is 41.6 Å². The van der Waals surface area contributed by atoms with Crippen LogP contribution in [0.3, 0.4) is 0 Å². The van der Waals surface area contributed by atoms with Crippen molar-refractivity contribution in [1.29, 1.82) is 0 Å². The van der Waals surface area contributed by atoms with Crippen LogP contribution in [0, 0.1) is 6.92 Å². The van der Waals surface area contributed by atoms with Crippen LogP contribution in [0.4, 0.5) is 0 Å². The summed E-state index contributed by atoms with van der Waals surface area (Å²) in [6, 6.07) is 3.55. The first-order valence-electron chi connectivity index (χ1n) is 5.99. The number of hydrogen-bond acceptors (Lipinski definition) is 4. The van der Waals surface area contributed by atoms with Crippen molar-refractivity contribution in [2.45, 2.75) is 13.8 Å². The molecule has 2 aromatic heterocycles. The highest BCUT2D eigenvalue weighted by molar-refractivity contribution is 5.91. The number of rotatable bonds is 4. The summed E-state index contributed by atoms with van der Waals surface area (Å²) in [5.74, 6) is -0.561. The number of carboxylic acid groups (broad SMARTS) is 1. The molecule has 0 atom stereocenters. The van der Waals surface area contributed by atoms with Crippen LogP contribution >= 0.6 is 0 Å². The van der Waals surface area contributed by atoms with Gasteiger partial charge >= 0.3 is 5.97 Å². The molecule has 104 valence electrons. The van der Waals surface area contributed by atoms with E-state index in [2.05, 4.69) is 9.97 Å². The first-order chi connectivity index (χ1) is 9.51. The molecule has 0 aliphatic rings. The maximum absolute atomic E-state index is 10.8. The highest BCUT2D eigenvalue weighted by Crippen LogP contribution is 2.21. The Labute approximate surface area is 116 Å². The lowest BCUT2D eigenvalue weighted by atomic mass is 10.2. The predicted octanol–water partition coefficient (Wildman–Crippen LogP) is 2.07. The summed E-state index contributed by atoms with van der Waals surface area (Å²) in [5.41, 5.74) is 2.38. The van der Waals surface area contributed by atoms with Crippen LogP contribution in [0.15, 0.2) is 30.2 Å². The second-order valence-corrected chi connectivity index (χ2v) is 4.32. The fourth-order valence-corrected chi connectivity index (χ4v) is 1.71. The number of methoxy groups -OCH3 is 1. The van der Waals surface area contributed by atoms with Crippen LogP contribution in [0.1, 0.15) is 18.3 Å². The number of imidazole rings is 1. The number of hydrogen-bond donors (Lipinski definition) is 1. The predicted molar refractivity (Wildman–Crippen MR) is 73.9 cm³/mol. The molecule has 6 heteroatoms. The Morgan fingerprint density at radius 1 is 1.45 bits per heavy atom. The van der Waals surface area contributed by atoms with E-state index in [1.54, 1.807) is 17.0 Å². The van der Waals surface area contributed by atoms with Gasteiger partial charge in [0.15, 0.2) is 0 Å². The highest BCUT2D eigenvalue weighted by Gasteiger charge is 2.09.